The van der Waals surface area contributed by atoms with Crippen molar-refractivity contribution in [1.29, 1.82) is 0 Å². The van der Waals surface area contributed by atoms with Crippen LogP contribution in [0.3, 0.4) is 0 Å². The third-order valence-corrected chi connectivity index (χ3v) is 3.01. The summed E-state index contributed by atoms with van der Waals surface area (Å²) in [7, 11) is 1.43. The third kappa shape index (κ3) is 1.96. The summed E-state index contributed by atoms with van der Waals surface area (Å²) < 4.78 is 4.69. The van der Waals surface area contributed by atoms with Gasteiger partial charge in [-0.2, -0.15) is 0 Å². The fourth-order valence-electron chi connectivity index (χ4n) is 2.22. The molecule has 1 unspecified atom stereocenters. The smallest absolute Gasteiger partial charge is 0.306 e. The monoisotopic (exact) mass is 205 g/mol. The van der Waals surface area contributed by atoms with Gasteiger partial charge in [0.1, 0.15) is 0 Å². The Hall–Kier alpha value is -1.51. The van der Waals surface area contributed by atoms with E-state index in [4.69, 9.17) is 5.73 Å². The minimum atomic E-state index is -0.135. The number of nitrogens with two attached hydrogens (primary N) is 1. The Labute approximate surface area is 89.2 Å². The van der Waals surface area contributed by atoms with E-state index < -0.39 is 0 Å². The number of fused-ring (bicyclic) bond motifs is 1. The molecule has 0 spiro atoms. The molecule has 1 aliphatic rings. The molecule has 1 aromatic rings. The van der Waals surface area contributed by atoms with Crippen molar-refractivity contribution in [2.24, 2.45) is 0 Å². The highest BCUT2D eigenvalue weighted by Crippen LogP contribution is 2.36. The molecular formula is C12H15NO2. The fraction of sp³-hybridized carbons (Fsp3) is 0.417. The number of nitrogen functional groups attached to an aromatic ring is 1. The van der Waals surface area contributed by atoms with Gasteiger partial charge >= 0.3 is 5.97 Å². The van der Waals surface area contributed by atoms with Crippen molar-refractivity contribution in [1.82, 2.24) is 0 Å². The van der Waals surface area contributed by atoms with Crippen LogP contribution in [0.15, 0.2) is 18.2 Å². The maximum atomic E-state index is 11.2. The minimum absolute atomic E-state index is 0.135. The zero-order valence-corrected chi connectivity index (χ0v) is 8.82. The number of anilines is 1. The van der Waals surface area contributed by atoms with Gasteiger partial charge in [0.15, 0.2) is 0 Å². The van der Waals surface area contributed by atoms with E-state index in [2.05, 4.69) is 4.74 Å². The van der Waals surface area contributed by atoms with Gasteiger partial charge in [0.05, 0.1) is 13.5 Å². The van der Waals surface area contributed by atoms with Crippen molar-refractivity contribution < 1.29 is 9.53 Å². The summed E-state index contributed by atoms with van der Waals surface area (Å²) in [6.07, 6.45) is 2.52. The van der Waals surface area contributed by atoms with Crippen LogP contribution in [-0.4, -0.2) is 13.1 Å². The number of ether oxygens (including phenoxy) is 1. The largest absolute Gasteiger partial charge is 0.469 e. The second-order valence-electron chi connectivity index (χ2n) is 3.97. The van der Waals surface area contributed by atoms with Gasteiger partial charge in [-0.15, -0.1) is 0 Å². The standard InChI is InChI=1S/C12H15NO2/c1-15-12(14)7-9-3-2-8-6-10(13)4-5-11(8)9/h4-6,9H,2-3,7,13H2,1H3. The number of hydrogen-bond acceptors (Lipinski definition) is 3. The summed E-state index contributed by atoms with van der Waals surface area (Å²) in [4.78, 5) is 11.2. The molecule has 0 radical (unpaired) electrons. The third-order valence-electron chi connectivity index (χ3n) is 3.01. The van der Waals surface area contributed by atoms with E-state index in [-0.39, 0.29) is 5.97 Å². The molecule has 0 heterocycles. The number of hydrogen-bond donors (Lipinski definition) is 1. The number of esters is 1. The molecule has 0 amide bonds. The second-order valence-corrected chi connectivity index (χ2v) is 3.97. The van der Waals surface area contributed by atoms with Gasteiger partial charge in [0, 0.05) is 5.69 Å². The van der Waals surface area contributed by atoms with Crippen LogP contribution in [0.4, 0.5) is 5.69 Å². The molecule has 15 heavy (non-hydrogen) atoms. The van der Waals surface area contributed by atoms with Gasteiger partial charge in [-0.1, -0.05) is 6.07 Å². The molecule has 0 aliphatic heterocycles. The van der Waals surface area contributed by atoms with E-state index in [9.17, 15) is 4.79 Å². The first kappa shape index (κ1) is 10.0. The van der Waals surface area contributed by atoms with Crippen LogP contribution in [0, 0.1) is 0 Å². The Morgan fingerprint density at radius 1 is 1.60 bits per heavy atom. The average Bonchev–Trinajstić information content (AvgIpc) is 2.60. The summed E-state index contributed by atoms with van der Waals surface area (Å²) >= 11 is 0. The lowest BCUT2D eigenvalue weighted by molar-refractivity contribution is -0.141. The average molecular weight is 205 g/mol. The minimum Gasteiger partial charge on any atom is -0.469 e. The predicted octanol–water partition coefficient (Wildman–Crippen LogP) is 1.86. The molecule has 1 aromatic carbocycles. The zero-order chi connectivity index (χ0) is 10.8. The molecule has 1 aliphatic carbocycles. The summed E-state index contributed by atoms with van der Waals surface area (Å²) in [5.41, 5.74) is 9.05. The van der Waals surface area contributed by atoms with Crippen molar-refractivity contribution in [2.75, 3.05) is 12.8 Å². The first-order valence-electron chi connectivity index (χ1n) is 5.16. The Bertz CT molecular complexity index is 387. The summed E-state index contributed by atoms with van der Waals surface area (Å²) in [6, 6.07) is 5.94. The zero-order valence-electron chi connectivity index (χ0n) is 8.82. The Morgan fingerprint density at radius 3 is 3.13 bits per heavy atom. The normalized spacial score (nSPS) is 18.6. The quantitative estimate of drug-likeness (QED) is 0.592. The maximum Gasteiger partial charge on any atom is 0.306 e. The molecule has 80 valence electrons. The van der Waals surface area contributed by atoms with Gasteiger partial charge in [0.25, 0.3) is 0 Å². The van der Waals surface area contributed by atoms with E-state index >= 15 is 0 Å². The fourth-order valence-corrected chi connectivity index (χ4v) is 2.22. The van der Waals surface area contributed by atoms with E-state index in [1.807, 2.05) is 18.2 Å². The molecule has 2 rings (SSSR count). The highest BCUT2D eigenvalue weighted by atomic mass is 16.5. The summed E-state index contributed by atoms with van der Waals surface area (Å²) in [6.45, 7) is 0. The van der Waals surface area contributed by atoms with Crippen LogP contribution in [0.2, 0.25) is 0 Å². The summed E-state index contributed by atoms with van der Waals surface area (Å²) in [5.74, 6) is 0.178. The van der Waals surface area contributed by atoms with Crippen LogP contribution in [0.25, 0.3) is 0 Å². The number of aryl methyl sites for hydroxylation is 1. The lowest BCUT2D eigenvalue weighted by Gasteiger charge is -2.09. The van der Waals surface area contributed by atoms with E-state index in [1.54, 1.807) is 0 Å². The van der Waals surface area contributed by atoms with Crippen molar-refractivity contribution in [3.05, 3.63) is 29.3 Å². The van der Waals surface area contributed by atoms with E-state index in [0.29, 0.717) is 12.3 Å². The SMILES string of the molecule is COC(=O)CC1CCc2cc(N)ccc21. The topological polar surface area (TPSA) is 52.3 Å². The molecule has 1 atom stereocenters. The first-order chi connectivity index (χ1) is 7.20. The highest BCUT2D eigenvalue weighted by Gasteiger charge is 2.24. The van der Waals surface area contributed by atoms with Crippen LogP contribution in [0.1, 0.15) is 29.9 Å². The Morgan fingerprint density at radius 2 is 2.40 bits per heavy atom. The number of methoxy groups -OCH3 is 1. The van der Waals surface area contributed by atoms with Crippen molar-refractivity contribution in [2.45, 2.75) is 25.2 Å². The highest BCUT2D eigenvalue weighted by molar-refractivity contribution is 5.71. The molecule has 0 fully saturated rings. The summed E-state index contributed by atoms with van der Waals surface area (Å²) in [5, 5.41) is 0. The molecule has 2 N–H and O–H groups in total. The van der Waals surface area contributed by atoms with Gasteiger partial charge in [0.2, 0.25) is 0 Å². The maximum absolute atomic E-state index is 11.2. The van der Waals surface area contributed by atoms with Crippen LogP contribution >= 0.6 is 0 Å². The molecule has 0 saturated heterocycles. The molecule has 0 bridgehead atoms. The van der Waals surface area contributed by atoms with Crippen LogP contribution in [0.5, 0.6) is 0 Å². The van der Waals surface area contributed by atoms with Crippen molar-refractivity contribution in [3.8, 4) is 0 Å². The Kier molecular flexibility index (Phi) is 2.62. The number of carbonyl (C=O) groups is 1. The molecule has 0 aromatic heterocycles. The van der Waals surface area contributed by atoms with Gasteiger partial charge in [-0.05, 0) is 42.0 Å². The molecular weight excluding hydrogens is 190 g/mol. The lowest BCUT2D eigenvalue weighted by Crippen LogP contribution is -2.06. The van der Waals surface area contributed by atoms with E-state index in [0.717, 1.165) is 18.5 Å². The van der Waals surface area contributed by atoms with Crippen molar-refractivity contribution in [3.63, 3.8) is 0 Å². The number of benzene rings is 1. The van der Waals surface area contributed by atoms with Crippen LogP contribution in [-0.2, 0) is 16.0 Å². The molecule has 3 heteroatoms. The van der Waals surface area contributed by atoms with Gasteiger partial charge in [-0.3, -0.25) is 4.79 Å². The van der Waals surface area contributed by atoms with E-state index in [1.165, 1.54) is 18.2 Å². The number of carbonyl (C=O) groups excluding carboxylic acids is 1. The van der Waals surface area contributed by atoms with Crippen molar-refractivity contribution >= 4 is 11.7 Å². The predicted molar refractivity (Wildman–Crippen MR) is 58.5 cm³/mol. The lowest BCUT2D eigenvalue weighted by atomic mass is 9.98. The number of rotatable bonds is 2. The van der Waals surface area contributed by atoms with Crippen LogP contribution < -0.4 is 5.73 Å². The molecule has 3 nitrogen and oxygen atoms in total. The van der Waals surface area contributed by atoms with Gasteiger partial charge in [-0.25, -0.2) is 0 Å². The van der Waals surface area contributed by atoms with Gasteiger partial charge < -0.3 is 10.5 Å². The molecule has 0 saturated carbocycles. The first-order valence-corrected chi connectivity index (χ1v) is 5.16. The second kappa shape index (κ2) is 3.93. The Balaban J connectivity index is 2.18.